The maximum absolute atomic E-state index is 13.1. The fourth-order valence-corrected chi connectivity index (χ4v) is 4.57. The number of carbonyl (C=O) groups excluding carboxylic acids is 2. The molecule has 1 saturated heterocycles. The van der Waals surface area contributed by atoms with E-state index in [-0.39, 0.29) is 17.4 Å². The zero-order valence-corrected chi connectivity index (χ0v) is 18.2. The minimum atomic E-state index is -0.681. The van der Waals surface area contributed by atoms with Crippen molar-refractivity contribution in [2.45, 2.75) is 38.5 Å². The van der Waals surface area contributed by atoms with Gasteiger partial charge in [0.05, 0.1) is 17.9 Å². The number of nitrogens with zero attached hydrogens (tertiary/aromatic N) is 4. The summed E-state index contributed by atoms with van der Waals surface area (Å²) in [5, 5.41) is 11.2. The number of benzene rings is 1. The molecule has 0 spiro atoms. The van der Waals surface area contributed by atoms with Gasteiger partial charge in [-0.2, -0.15) is 0 Å². The summed E-state index contributed by atoms with van der Waals surface area (Å²) in [7, 11) is 0. The van der Waals surface area contributed by atoms with Crippen LogP contribution in [-0.4, -0.2) is 48.9 Å². The number of aryl methyl sites for hydroxylation is 1. The summed E-state index contributed by atoms with van der Waals surface area (Å²) in [6.45, 7) is 3.01. The normalized spacial score (nSPS) is 21.3. The summed E-state index contributed by atoms with van der Waals surface area (Å²) in [4.78, 5) is 35.8. The second-order valence-corrected chi connectivity index (χ2v) is 8.38. The Morgan fingerprint density at radius 1 is 1.12 bits per heavy atom. The number of amides is 1. The highest BCUT2D eigenvalue weighted by Gasteiger charge is 2.45. The lowest BCUT2D eigenvalue weighted by Gasteiger charge is -2.25. The molecule has 1 aromatic carbocycles. The van der Waals surface area contributed by atoms with Crippen LogP contribution in [0.15, 0.2) is 67.0 Å². The predicted octanol–water partition coefficient (Wildman–Crippen LogP) is 3.11. The number of rotatable bonds is 6. The molecule has 2 atom stereocenters. The van der Waals surface area contributed by atoms with Crippen LogP contribution in [-0.2, 0) is 22.6 Å². The predicted molar refractivity (Wildman–Crippen MR) is 120 cm³/mol. The van der Waals surface area contributed by atoms with Gasteiger partial charge < -0.3 is 19.3 Å². The highest BCUT2D eigenvalue weighted by molar-refractivity contribution is 6.46. The second kappa shape index (κ2) is 8.54. The molecule has 1 amide bonds. The van der Waals surface area contributed by atoms with E-state index in [0.717, 1.165) is 23.3 Å². The molecule has 1 N–H and O–H groups in total. The molecule has 5 rings (SSSR count). The van der Waals surface area contributed by atoms with Gasteiger partial charge in [-0.3, -0.25) is 14.6 Å². The minimum Gasteiger partial charge on any atom is -0.507 e. The Hall–Kier alpha value is -3.94. The lowest BCUT2D eigenvalue weighted by molar-refractivity contribution is -0.139. The molecule has 3 aromatic rings. The molecule has 0 aliphatic carbocycles. The van der Waals surface area contributed by atoms with Crippen molar-refractivity contribution in [1.82, 2.24) is 19.4 Å². The van der Waals surface area contributed by atoms with Crippen LogP contribution < -0.4 is 4.74 Å². The van der Waals surface area contributed by atoms with Crippen molar-refractivity contribution in [3.05, 3.63) is 83.7 Å². The number of hydrogen-bond donors (Lipinski definition) is 1. The molecule has 8 heteroatoms. The summed E-state index contributed by atoms with van der Waals surface area (Å²) >= 11 is 0. The number of imidazole rings is 1. The Morgan fingerprint density at radius 2 is 1.94 bits per heavy atom. The van der Waals surface area contributed by atoms with E-state index in [9.17, 15) is 14.7 Å². The van der Waals surface area contributed by atoms with Gasteiger partial charge in [0, 0.05) is 49.9 Å². The molecule has 0 radical (unpaired) electrons. The molecular formula is C25H24N4O4. The van der Waals surface area contributed by atoms with Crippen molar-refractivity contribution < 1.29 is 19.4 Å². The van der Waals surface area contributed by atoms with Crippen LogP contribution in [0.25, 0.3) is 5.76 Å². The maximum Gasteiger partial charge on any atom is 0.295 e. The smallest absolute Gasteiger partial charge is 0.295 e. The molecule has 0 saturated carbocycles. The van der Waals surface area contributed by atoms with Gasteiger partial charge in [0.15, 0.2) is 0 Å². The standard InChI is InChI=1S/C25H24N4O4/c1-16-13-19-14-18(3-4-20(19)33-16)23(30)21-22(17-5-7-26-8-6-17)29(25(32)24(21)31)11-2-10-28-12-9-27-15-28/h3-9,12,14-16,22,30H,2,10-11,13H2,1H3/b23-21+/t16-,22-/m1/s1. The van der Waals surface area contributed by atoms with E-state index < -0.39 is 17.7 Å². The van der Waals surface area contributed by atoms with Gasteiger partial charge in [-0.15, -0.1) is 0 Å². The zero-order chi connectivity index (χ0) is 22.9. The summed E-state index contributed by atoms with van der Waals surface area (Å²) in [6.07, 6.45) is 9.94. The van der Waals surface area contributed by atoms with E-state index in [4.69, 9.17) is 4.74 Å². The van der Waals surface area contributed by atoms with E-state index >= 15 is 0 Å². The van der Waals surface area contributed by atoms with E-state index in [2.05, 4.69) is 9.97 Å². The fourth-order valence-electron chi connectivity index (χ4n) is 4.57. The molecule has 0 unspecified atom stereocenters. The summed E-state index contributed by atoms with van der Waals surface area (Å²) in [6, 6.07) is 8.22. The SMILES string of the molecule is C[C@@H]1Cc2cc(/C(O)=C3\C(=O)C(=O)N(CCCn4ccnc4)[C@@H]3c3ccncc3)ccc2O1. The topological polar surface area (TPSA) is 97.6 Å². The van der Waals surface area contributed by atoms with Crippen molar-refractivity contribution in [3.63, 3.8) is 0 Å². The van der Waals surface area contributed by atoms with Crippen molar-refractivity contribution in [2.75, 3.05) is 6.54 Å². The average Bonchev–Trinajstić information content (AvgIpc) is 3.53. The number of likely N-dealkylation sites (tertiary alicyclic amines) is 1. The Kier molecular flexibility index (Phi) is 5.42. The number of hydrogen-bond acceptors (Lipinski definition) is 6. The summed E-state index contributed by atoms with van der Waals surface area (Å²) in [5.74, 6) is -0.677. The maximum atomic E-state index is 13.1. The van der Waals surface area contributed by atoms with Crippen LogP contribution in [0, 0.1) is 0 Å². The number of pyridine rings is 1. The molecule has 2 aliphatic heterocycles. The quantitative estimate of drug-likeness (QED) is 0.356. The number of carbonyl (C=O) groups is 2. The van der Waals surface area contributed by atoms with Gasteiger partial charge in [0.2, 0.25) is 0 Å². The number of ether oxygens (including phenoxy) is 1. The molecule has 168 valence electrons. The van der Waals surface area contributed by atoms with Gasteiger partial charge >= 0.3 is 0 Å². The third kappa shape index (κ3) is 3.88. The molecule has 33 heavy (non-hydrogen) atoms. The molecule has 0 bridgehead atoms. The van der Waals surface area contributed by atoms with Gasteiger partial charge in [0.25, 0.3) is 11.7 Å². The van der Waals surface area contributed by atoms with Crippen LogP contribution >= 0.6 is 0 Å². The van der Waals surface area contributed by atoms with Gasteiger partial charge in [0.1, 0.15) is 17.6 Å². The first-order chi connectivity index (χ1) is 16.0. The van der Waals surface area contributed by atoms with E-state index in [1.54, 1.807) is 54.1 Å². The number of Topliss-reactive ketones (excluding diaryl/α,β-unsaturated/α-hetero) is 1. The monoisotopic (exact) mass is 444 g/mol. The highest BCUT2D eigenvalue weighted by Crippen LogP contribution is 2.40. The Morgan fingerprint density at radius 3 is 2.70 bits per heavy atom. The fraction of sp³-hybridized carbons (Fsp3) is 0.280. The molecule has 2 aliphatic rings. The second-order valence-electron chi connectivity index (χ2n) is 8.38. The number of aliphatic hydroxyl groups is 1. The number of aromatic nitrogens is 3. The van der Waals surface area contributed by atoms with Gasteiger partial charge in [-0.05, 0) is 54.8 Å². The molecular weight excluding hydrogens is 420 g/mol. The van der Waals surface area contributed by atoms with Crippen molar-refractivity contribution in [1.29, 1.82) is 0 Å². The first-order valence-corrected chi connectivity index (χ1v) is 11.0. The first kappa shape index (κ1) is 20.9. The minimum absolute atomic E-state index is 0.0651. The zero-order valence-electron chi connectivity index (χ0n) is 18.2. The van der Waals surface area contributed by atoms with Crippen LogP contribution in [0.4, 0.5) is 0 Å². The molecule has 1 fully saturated rings. The Labute approximate surface area is 191 Å². The number of aliphatic hydroxyl groups excluding tert-OH is 1. The van der Waals surface area contributed by atoms with Crippen molar-refractivity contribution in [2.24, 2.45) is 0 Å². The van der Waals surface area contributed by atoms with E-state index in [1.165, 1.54) is 0 Å². The lowest BCUT2D eigenvalue weighted by atomic mass is 9.95. The van der Waals surface area contributed by atoms with Crippen molar-refractivity contribution in [3.8, 4) is 5.75 Å². The van der Waals surface area contributed by atoms with E-state index in [1.807, 2.05) is 23.8 Å². The van der Waals surface area contributed by atoms with Crippen molar-refractivity contribution >= 4 is 17.4 Å². The third-order valence-electron chi connectivity index (χ3n) is 6.11. The first-order valence-electron chi connectivity index (χ1n) is 11.0. The van der Waals surface area contributed by atoms with Gasteiger partial charge in [-0.1, -0.05) is 0 Å². The highest BCUT2D eigenvalue weighted by atomic mass is 16.5. The van der Waals surface area contributed by atoms with Crippen LogP contribution in [0.1, 0.15) is 36.1 Å². The number of ketones is 1. The summed E-state index contributed by atoms with van der Waals surface area (Å²) < 4.78 is 7.67. The molecule has 2 aromatic heterocycles. The number of fused-ring (bicyclic) bond motifs is 1. The molecule has 4 heterocycles. The van der Waals surface area contributed by atoms with Gasteiger partial charge in [-0.25, -0.2) is 4.98 Å². The molecule has 8 nitrogen and oxygen atoms in total. The summed E-state index contributed by atoms with van der Waals surface area (Å²) in [5.41, 5.74) is 2.30. The average molecular weight is 444 g/mol. The van der Waals surface area contributed by atoms with E-state index in [0.29, 0.717) is 25.1 Å². The Bertz CT molecular complexity index is 1220. The van der Waals surface area contributed by atoms with Crippen LogP contribution in [0.2, 0.25) is 0 Å². The lowest BCUT2D eigenvalue weighted by Crippen LogP contribution is -2.31. The largest absolute Gasteiger partial charge is 0.507 e. The van der Waals surface area contributed by atoms with Crippen LogP contribution in [0.3, 0.4) is 0 Å². The van der Waals surface area contributed by atoms with Crippen LogP contribution in [0.5, 0.6) is 5.75 Å². The Balaban J connectivity index is 1.51. The third-order valence-corrected chi connectivity index (χ3v) is 6.11.